The van der Waals surface area contributed by atoms with E-state index in [1.807, 2.05) is 0 Å². The molecule has 11 heavy (non-hydrogen) atoms. The van der Waals surface area contributed by atoms with E-state index in [0.717, 1.165) is 17.7 Å². The van der Waals surface area contributed by atoms with Crippen molar-refractivity contribution in [1.29, 1.82) is 0 Å². The van der Waals surface area contributed by atoms with Gasteiger partial charge in [0, 0.05) is 18.1 Å². The first-order chi connectivity index (χ1) is 5.36. The minimum atomic E-state index is -0.158. The third-order valence-corrected chi connectivity index (χ3v) is 1.72. The van der Waals surface area contributed by atoms with Gasteiger partial charge in [0.05, 0.1) is 18.9 Å². The summed E-state index contributed by atoms with van der Waals surface area (Å²) in [4.78, 5) is 10.8. The molecule has 0 unspecified atom stereocenters. The Morgan fingerprint density at radius 2 is 2.55 bits per heavy atom. The van der Waals surface area contributed by atoms with Crippen molar-refractivity contribution >= 4 is 0 Å². The summed E-state index contributed by atoms with van der Waals surface area (Å²) >= 11 is 0. The van der Waals surface area contributed by atoms with Gasteiger partial charge in [-0.15, -0.1) is 0 Å². The van der Waals surface area contributed by atoms with Crippen molar-refractivity contribution in [2.75, 3.05) is 6.61 Å². The standard InChI is InChI=1S/C7H8N2O2/c10-7-3-5-4-11-2-1-6(5)8-9-7/h3H,1-2,4H2,(H,9,10). The molecule has 1 N–H and O–H groups in total. The summed E-state index contributed by atoms with van der Waals surface area (Å²) in [6.45, 7) is 1.22. The Bertz CT molecular complexity index is 318. The van der Waals surface area contributed by atoms with Crippen LogP contribution in [0.3, 0.4) is 0 Å². The van der Waals surface area contributed by atoms with Crippen molar-refractivity contribution in [3.8, 4) is 0 Å². The van der Waals surface area contributed by atoms with E-state index in [9.17, 15) is 4.79 Å². The Morgan fingerprint density at radius 3 is 3.45 bits per heavy atom. The van der Waals surface area contributed by atoms with E-state index in [1.54, 1.807) is 6.07 Å². The third-order valence-electron chi connectivity index (χ3n) is 1.72. The van der Waals surface area contributed by atoms with E-state index in [2.05, 4.69) is 10.2 Å². The van der Waals surface area contributed by atoms with E-state index in [4.69, 9.17) is 4.74 Å². The zero-order valence-corrected chi connectivity index (χ0v) is 5.96. The molecule has 0 saturated carbocycles. The van der Waals surface area contributed by atoms with Crippen molar-refractivity contribution < 1.29 is 4.74 Å². The molecule has 0 amide bonds. The zero-order valence-electron chi connectivity index (χ0n) is 5.96. The van der Waals surface area contributed by atoms with Gasteiger partial charge < -0.3 is 4.74 Å². The van der Waals surface area contributed by atoms with Crippen LogP contribution in [-0.4, -0.2) is 16.8 Å². The van der Waals surface area contributed by atoms with Crippen LogP contribution in [0.25, 0.3) is 0 Å². The Balaban J connectivity index is 2.51. The van der Waals surface area contributed by atoms with Crippen molar-refractivity contribution in [1.82, 2.24) is 10.2 Å². The predicted octanol–water partition coefficient (Wildman–Crippen LogP) is -0.157. The van der Waals surface area contributed by atoms with Crippen LogP contribution >= 0.6 is 0 Å². The van der Waals surface area contributed by atoms with Gasteiger partial charge in [-0.25, -0.2) is 5.10 Å². The number of nitrogens with one attached hydrogen (secondary N) is 1. The molecular weight excluding hydrogens is 144 g/mol. The molecule has 2 rings (SSSR count). The molecule has 0 fully saturated rings. The lowest BCUT2D eigenvalue weighted by Gasteiger charge is -2.13. The van der Waals surface area contributed by atoms with Gasteiger partial charge in [-0.2, -0.15) is 5.10 Å². The van der Waals surface area contributed by atoms with E-state index in [-0.39, 0.29) is 5.56 Å². The minimum Gasteiger partial charge on any atom is -0.376 e. The van der Waals surface area contributed by atoms with Gasteiger partial charge in [0.25, 0.3) is 5.56 Å². The quantitative estimate of drug-likeness (QED) is 0.562. The number of aromatic nitrogens is 2. The Hall–Kier alpha value is -1.16. The second-order valence-electron chi connectivity index (χ2n) is 2.51. The van der Waals surface area contributed by atoms with Crippen LogP contribution in [0.5, 0.6) is 0 Å². The summed E-state index contributed by atoms with van der Waals surface area (Å²) in [5.41, 5.74) is 1.71. The fraction of sp³-hybridized carbons (Fsp3) is 0.429. The maximum absolute atomic E-state index is 10.8. The Labute approximate surface area is 63.2 Å². The normalized spacial score (nSPS) is 16.0. The molecule has 4 heteroatoms. The lowest BCUT2D eigenvalue weighted by molar-refractivity contribution is 0.108. The molecule has 2 heterocycles. The largest absolute Gasteiger partial charge is 0.376 e. The fourth-order valence-electron chi connectivity index (χ4n) is 1.16. The lowest BCUT2D eigenvalue weighted by Crippen LogP contribution is -2.18. The highest BCUT2D eigenvalue weighted by Gasteiger charge is 2.10. The van der Waals surface area contributed by atoms with Crippen molar-refractivity contribution in [2.24, 2.45) is 0 Å². The van der Waals surface area contributed by atoms with E-state index >= 15 is 0 Å². The number of hydrogen-bond donors (Lipinski definition) is 1. The number of ether oxygens (including phenoxy) is 1. The highest BCUT2D eigenvalue weighted by Crippen LogP contribution is 2.09. The van der Waals surface area contributed by atoms with Crippen LogP contribution in [0.4, 0.5) is 0 Å². The maximum Gasteiger partial charge on any atom is 0.264 e. The Kier molecular flexibility index (Phi) is 1.47. The van der Waals surface area contributed by atoms with Crippen LogP contribution in [-0.2, 0) is 17.8 Å². The van der Waals surface area contributed by atoms with Crippen molar-refractivity contribution in [3.63, 3.8) is 0 Å². The second kappa shape index (κ2) is 2.47. The van der Waals surface area contributed by atoms with Crippen molar-refractivity contribution in [2.45, 2.75) is 13.0 Å². The van der Waals surface area contributed by atoms with Gasteiger partial charge in [0.1, 0.15) is 0 Å². The molecule has 0 saturated heterocycles. The summed E-state index contributed by atoms with van der Waals surface area (Å²) in [5, 5.41) is 6.30. The molecule has 4 nitrogen and oxygen atoms in total. The Morgan fingerprint density at radius 1 is 1.64 bits per heavy atom. The van der Waals surface area contributed by atoms with Gasteiger partial charge in [-0.3, -0.25) is 4.79 Å². The van der Waals surface area contributed by atoms with Crippen LogP contribution in [0.15, 0.2) is 10.9 Å². The van der Waals surface area contributed by atoms with E-state index in [0.29, 0.717) is 13.2 Å². The van der Waals surface area contributed by atoms with Gasteiger partial charge >= 0.3 is 0 Å². The molecule has 0 spiro atoms. The van der Waals surface area contributed by atoms with Gasteiger partial charge in [0.15, 0.2) is 0 Å². The fourth-order valence-corrected chi connectivity index (χ4v) is 1.16. The van der Waals surface area contributed by atoms with Gasteiger partial charge in [-0.1, -0.05) is 0 Å². The third kappa shape index (κ3) is 1.17. The summed E-state index contributed by atoms with van der Waals surface area (Å²) in [7, 11) is 0. The molecule has 1 aliphatic heterocycles. The monoisotopic (exact) mass is 152 g/mol. The molecule has 1 aromatic heterocycles. The average molecular weight is 152 g/mol. The molecule has 0 atom stereocenters. The lowest BCUT2D eigenvalue weighted by atomic mass is 10.1. The topological polar surface area (TPSA) is 55.0 Å². The molecular formula is C7H8N2O2. The van der Waals surface area contributed by atoms with Gasteiger partial charge in [-0.05, 0) is 0 Å². The highest BCUT2D eigenvalue weighted by atomic mass is 16.5. The van der Waals surface area contributed by atoms with Crippen LogP contribution < -0.4 is 5.56 Å². The van der Waals surface area contributed by atoms with E-state index < -0.39 is 0 Å². The second-order valence-corrected chi connectivity index (χ2v) is 2.51. The first-order valence-corrected chi connectivity index (χ1v) is 3.51. The maximum atomic E-state index is 10.8. The number of nitrogens with zero attached hydrogens (tertiary/aromatic N) is 1. The zero-order chi connectivity index (χ0) is 7.68. The van der Waals surface area contributed by atoms with E-state index in [1.165, 1.54) is 0 Å². The van der Waals surface area contributed by atoms with Crippen LogP contribution in [0.1, 0.15) is 11.3 Å². The molecule has 0 aliphatic carbocycles. The minimum absolute atomic E-state index is 0.158. The molecule has 0 radical (unpaired) electrons. The predicted molar refractivity (Wildman–Crippen MR) is 38.2 cm³/mol. The number of H-pyrrole nitrogens is 1. The smallest absolute Gasteiger partial charge is 0.264 e. The number of hydrogen-bond acceptors (Lipinski definition) is 3. The number of aromatic amines is 1. The molecule has 0 aromatic carbocycles. The first kappa shape index (κ1) is 6.54. The SMILES string of the molecule is O=c1cc2c(n[nH]1)CCOC2. The summed E-state index contributed by atoms with van der Waals surface area (Å²) < 4.78 is 5.16. The molecule has 58 valence electrons. The summed E-state index contributed by atoms with van der Waals surface area (Å²) in [6, 6.07) is 1.54. The van der Waals surface area contributed by atoms with Crippen LogP contribution in [0.2, 0.25) is 0 Å². The first-order valence-electron chi connectivity index (χ1n) is 3.51. The average Bonchev–Trinajstić information content (AvgIpc) is 2.04. The van der Waals surface area contributed by atoms with Gasteiger partial charge in [0.2, 0.25) is 0 Å². The van der Waals surface area contributed by atoms with Crippen LogP contribution in [0, 0.1) is 0 Å². The highest BCUT2D eigenvalue weighted by molar-refractivity contribution is 5.17. The molecule has 1 aliphatic rings. The summed E-state index contributed by atoms with van der Waals surface area (Å²) in [6.07, 6.45) is 0.798. The summed E-state index contributed by atoms with van der Waals surface area (Å²) in [5.74, 6) is 0. The molecule has 0 bridgehead atoms. The number of fused-ring (bicyclic) bond motifs is 1. The number of rotatable bonds is 0. The van der Waals surface area contributed by atoms with Crippen molar-refractivity contribution in [3.05, 3.63) is 27.7 Å². The molecule has 1 aromatic rings.